The first-order valence-electron chi connectivity index (χ1n) is 7.85. The minimum atomic E-state index is -0.0614. The van der Waals surface area contributed by atoms with Crippen molar-refractivity contribution < 1.29 is 4.74 Å². The fourth-order valence-corrected chi connectivity index (χ4v) is 3.09. The van der Waals surface area contributed by atoms with Crippen molar-refractivity contribution in [2.75, 3.05) is 6.61 Å². The van der Waals surface area contributed by atoms with E-state index >= 15 is 0 Å². The molecule has 0 saturated carbocycles. The van der Waals surface area contributed by atoms with Crippen molar-refractivity contribution in [2.24, 2.45) is 21.7 Å². The Bertz CT molecular complexity index is 747. The summed E-state index contributed by atoms with van der Waals surface area (Å²) in [4.78, 5) is 5.60. The number of nitrogens with two attached hydrogens (primary N) is 2. The monoisotopic (exact) mass is 345 g/mol. The highest BCUT2D eigenvalue weighted by atomic mass is 32.1. The van der Waals surface area contributed by atoms with Gasteiger partial charge in [-0.25, -0.2) is 4.98 Å². The molecule has 0 spiro atoms. The standard InChI is InChI=1S/C17H23N5OS/c1-4-5-9-23-14-8-6-7-13(10-14)16-20-11(2)15(24-16)12(3)21-22-17(18)19/h6-8,10H,4-5,9H2,1-3H3,(H4,18,19,22). The summed E-state index contributed by atoms with van der Waals surface area (Å²) in [5, 5.41) is 8.65. The Morgan fingerprint density at radius 3 is 2.79 bits per heavy atom. The molecule has 0 radical (unpaired) electrons. The molecule has 128 valence electrons. The van der Waals surface area contributed by atoms with E-state index in [0.717, 1.165) is 52.1 Å². The summed E-state index contributed by atoms with van der Waals surface area (Å²) in [6.07, 6.45) is 2.16. The molecular weight excluding hydrogens is 322 g/mol. The molecule has 2 rings (SSSR count). The Hall–Kier alpha value is -2.41. The fraction of sp³-hybridized carbons (Fsp3) is 0.353. The van der Waals surface area contributed by atoms with Gasteiger partial charge in [0, 0.05) is 5.56 Å². The minimum Gasteiger partial charge on any atom is -0.494 e. The summed E-state index contributed by atoms with van der Waals surface area (Å²) in [7, 11) is 0. The van der Waals surface area contributed by atoms with Crippen LogP contribution in [0, 0.1) is 6.92 Å². The second-order valence-electron chi connectivity index (χ2n) is 5.37. The highest BCUT2D eigenvalue weighted by molar-refractivity contribution is 7.17. The SMILES string of the molecule is CCCCOc1cccc(-c2nc(C)c(C(C)=NN=C(N)N)s2)c1. The van der Waals surface area contributed by atoms with E-state index in [1.165, 1.54) is 0 Å². The van der Waals surface area contributed by atoms with Crippen LogP contribution in [-0.4, -0.2) is 23.3 Å². The van der Waals surface area contributed by atoms with Crippen molar-refractivity contribution >= 4 is 23.0 Å². The molecule has 0 bridgehead atoms. The van der Waals surface area contributed by atoms with Gasteiger partial charge in [-0.05, 0) is 32.4 Å². The maximum Gasteiger partial charge on any atom is 0.211 e. The molecule has 0 unspecified atom stereocenters. The fourth-order valence-electron chi connectivity index (χ4n) is 2.09. The summed E-state index contributed by atoms with van der Waals surface area (Å²) in [6.45, 7) is 6.69. The maximum atomic E-state index is 5.77. The molecule has 0 aliphatic heterocycles. The molecule has 0 aliphatic carbocycles. The van der Waals surface area contributed by atoms with Crippen LogP contribution >= 0.6 is 11.3 Å². The Morgan fingerprint density at radius 2 is 2.08 bits per heavy atom. The van der Waals surface area contributed by atoms with Crippen molar-refractivity contribution in [1.82, 2.24) is 4.98 Å². The number of benzene rings is 1. The van der Waals surface area contributed by atoms with Gasteiger partial charge in [-0.2, -0.15) is 5.10 Å². The molecule has 7 heteroatoms. The van der Waals surface area contributed by atoms with E-state index in [0.29, 0.717) is 0 Å². The van der Waals surface area contributed by atoms with Crippen LogP contribution in [0.25, 0.3) is 10.6 Å². The highest BCUT2D eigenvalue weighted by Crippen LogP contribution is 2.30. The smallest absolute Gasteiger partial charge is 0.211 e. The number of hydrogen-bond acceptors (Lipinski definition) is 5. The van der Waals surface area contributed by atoms with Crippen LogP contribution in [0.2, 0.25) is 0 Å². The van der Waals surface area contributed by atoms with E-state index < -0.39 is 0 Å². The summed E-state index contributed by atoms with van der Waals surface area (Å²) in [5.41, 5.74) is 13.3. The average molecular weight is 345 g/mol. The topological polar surface area (TPSA) is 98.9 Å². The van der Waals surface area contributed by atoms with Gasteiger partial charge in [0.05, 0.1) is 22.9 Å². The van der Waals surface area contributed by atoms with Crippen LogP contribution in [0.3, 0.4) is 0 Å². The average Bonchev–Trinajstić information content (AvgIpc) is 2.95. The zero-order valence-corrected chi connectivity index (χ0v) is 15.1. The van der Waals surface area contributed by atoms with Gasteiger partial charge < -0.3 is 16.2 Å². The minimum absolute atomic E-state index is 0.0614. The van der Waals surface area contributed by atoms with Crippen LogP contribution in [0.1, 0.15) is 37.3 Å². The van der Waals surface area contributed by atoms with E-state index in [4.69, 9.17) is 16.2 Å². The molecular formula is C17H23N5OS. The van der Waals surface area contributed by atoms with Gasteiger partial charge in [0.25, 0.3) is 0 Å². The molecule has 0 saturated heterocycles. The molecule has 0 amide bonds. The second kappa shape index (κ2) is 8.44. The Morgan fingerprint density at radius 1 is 1.29 bits per heavy atom. The lowest BCUT2D eigenvalue weighted by Gasteiger charge is -2.06. The van der Waals surface area contributed by atoms with Crippen LogP contribution in [0.15, 0.2) is 34.5 Å². The second-order valence-corrected chi connectivity index (χ2v) is 6.37. The van der Waals surface area contributed by atoms with Crippen molar-refractivity contribution in [1.29, 1.82) is 0 Å². The molecule has 0 aliphatic rings. The predicted octanol–water partition coefficient (Wildman–Crippen LogP) is 3.29. The highest BCUT2D eigenvalue weighted by Gasteiger charge is 2.12. The number of aromatic nitrogens is 1. The molecule has 2 aromatic rings. The predicted molar refractivity (Wildman–Crippen MR) is 101 cm³/mol. The molecule has 1 aromatic heterocycles. The quantitative estimate of drug-likeness (QED) is 0.348. The van der Waals surface area contributed by atoms with E-state index in [1.807, 2.05) is 38.1 Å². The van der Waals surface area contributed by atoms with E-state index in [-0.39, 0.29) is 5.96 Å². The van der Waals surface area contributed by atoms with E-state index in [9.17, 15) is 0 Å². The number of unbranched alkanes of at least 4 members (excludes halogenated alkanes) is 1. The van der Waals surface area contributed by atoms with Gasteiger partial charge >= 0.3 is 0 Å². The molecule has 0 fully saturated rings. The number of rotatable bonds is 7. The third-order valence-corrected chi connectivity index (χ3v) is 4.60. The van der Waals surface area contributed by atoms with E-state index in [1.54, 1.807) is 11.3 Å². The number of guanidine groups is 1. The molecule has 1 aromatic carbocycles. The Labute approximate surface area is 146 Å². The largest absolute Gasteiger partial charge is 0.494 e. The van der Waals surface area contributed by atoms with Gasteiger partial charge in [0.1, 0.15) is 10.8 Å². The lowest BCUT2D eigenvalue weighted by atomic mass is 10.2. The summed E-state index contributed by atoms with van der Waals surface area (Å²) in [6, 6.07) is 7.98. The van der Waals surface area contributed by atoms with E-state index in [2.05, 4.69) is 22.1 Å². The van der Waals surface area contributed by atoms with Crippen molar-refractivity contribution in [3.8, 4) is 16.3 Å². The van der Waals surface area contributed by atoms with Crippen LogP contribution < -0.4 is 16.2 Å². The first-order valence-corrected chi connectivity index (χ1v) is 8.67. The summed E-state index contributed by atoms with van der Waals surface area (Å²) < 4.78 is 5.77. The van der Waals surface area contributed by atoms with Gasteiger partial charge in [-0.15, -0.1) is 16.4 Å². The number of ether oxygens (including phenoxy) is 1. The first kappa shape index (κ1) is 17.9. The van der Waals surface area contributed by atoms with Crippen LogP contribution in [0.5, 0.6) is 5.75 Å². The van der Waals surface area contributed by atoms with Crippen molar-refractivity contribution in [2.45, 2.75) is 33.6 Å². The van der Waals surface area contributed by atoms with Crippen LogP contribution in [-0.2, 0) is 0 Å². The maximum absolute atomic E-state index is 5.77. The normalized spacial score (nSPS) is 11.4. The third-order valence-electron chi connectivity index (χ3n) is 3.29. The van der Waals surface area contributed by atoms with Crippen LogP contribution in [0.4, 0.5) is 0 Å². The van der Waals surface area contributed by atoms with Gasteiger partial charge in [-0.3, -0.25) is 0 Å². The lowest BCUT2D eigenvalue weighted by Crippen LogP contribution is -2.22. The third kappa shape index (κ3) is 4.79. The van der Waals surface area contributed by atoms with Crippen molar-refractivity contribution in [3.63, 3.8) is 0 Å². The van der Waals surface area contributed by atoms with Gasteiger partial charge in [0.2, 0.25) is 5.96 Å². The number of aryl methyl sites for hydroxylation is 1. The molecule has 0 atom stereocenters. The van der Waals surface area contributed by atoms with Gasteiger partial charge in [-0.1, -0.05) is 25.5 Å². The number of hydrogen-bond donors (Lipinski definition) is 2. The lowest BCUT2D eigenvalue weighted by molar-refractivity contribution is 0.309. The molecule has 4 N–H and O–H groups in total. The summed E-state index contributed by atoms with van der Waals surface area (Å²) >= 11 is 1.56. The number of nitrogens with zero attached hydrogens (tertiary/aromatic N) is 3. The Balaban J connectivity index is 2.24. The zero-order chi connectivity index (χ0) is 17.5. The van der Waals surface area contributed by atoms with Crippen molar-refractivity contribution in [3.05, 3.63) is 34.8 Å². The molecule has 24 heavy (non-hydrogen) atoms. The molecule has 6 nitrogen and oxygen atoms in total. The van der Waals surface area contributed by atoms with Gasteiger partial charge in [0.15, 0.2) is 0 Å². The molecule has 1 heterocycles. The number of thiazole rings is 1. The summed E-state index contributed by atoms with van der Waals surface area (Å²) in [5.74, 6) is 0.801. The zero-order valence-electron chi connectivity index (χ0n) is 14.2. The first-order chi connectivity index (χ1) is 11.5. The Kier molecular flexibility index (Phi) is 6.31.